The molecule has 1 aromatic carbocycles. The van der Waals surface area contributed by atoms with Crippen molar-refractivity contribution in [3.8, 4) is 0 Å². The van der Waals surface area contributed by atoms with Gasteiger partial charge in [-0.05, 0) is 27.6 Å². The summed E-state index contributed by atoms with van der Waals surface area (Å²) in [5.74, 6) is -0.114. The number of halogens is 2. The van der Waals surface area contributed by atoms with Gasteiger partial charge >= 0.3 is 0 Å². The highest BCUT2D eigenvalue weighted by Gasteiger charge is 2.14. The maximum absolute atomic E-state index is 12.0. The molecule has 1 heterocycles. The Hall–Kier alpha value is -1.11. The molecule has 4 nitrogen and oxygen atoms in total. The molecule has 1 N–H and O–H groups in total. The van der Waals surface area contributed by atoms with Crippen LogP contribution in [0.1, 0.15) is 5.56 Å². The number of anilines is 1. The zero-order valence-electron chi connectivity index (χ0n) is 9.68. The lowest BCUT2D eigenvalue weighted by atomic mass is 10.2. The molecular weight excluding hydrogens is 352 g/mol. The van der Waals surface area contributed by atoms with E-state index in [4.69, 9.17) is 11.6 Å². The second kappa shape index (κ2) is 5.90. The molecule has 2 aromatic rings. The number of aromatic nitrogens is 1. The number of benzene rings is 1. The van der Waals surface area contributed by atoms with E-state index in [9.17, 15) is 8.42 Å². The second-order valence-corrected chi connectivity index (χ2v) is 6.83. The first kappa shape index (κ1) is 14.3. The molecule has 100 valence electrons. The monoisotopic (exact) mass is 360 g/mol. The zero-order valence-corrected chi connectivity index (χ0v) is 12.8. The van der Waals surface area contributed by atoms with Crippen LogP contribution in [0.3, 0.4) is 0 Å². The van der Waals surface area contributed by atoms with Gasteiger partial charge in [-0.1, -0.05) is 41.9 Å². The van der Waals surface area contributed by atoms with Gasteiger partial charge in [0.15, 0.2) is 5.15 Å². The van der Waals surface area contributed by atoms with Crippen LogP contribution in [0, 0.1) is 0 Å². The second-order valence-electron chi connectivity index (χ2n) is 3.84. The molecule has 0 saturated heterocycles. The van der Waals surface area contributed by atoms with Gasteiger partial charge in [0.25, 0.3) is 0 Å². The molecule has 0 aliphatic rings. The van der Waals surface area contributed by atoms with Crippen molar-refractivity contribution >= 4 is 43.2 Å². The molecule has 0 amide bonds. The third-order valence-corrected chi connectivity index (χ3v) is 4.25. The van der Waals surface area contributed by atoms with Crippen LogP contribution < -0.4 is 4.72 Å². The Bertz CT molecular complexity index is 677. The first-order valence-electron chi connectivity index (χ1n) is 5.32. The minimum Gasteiger partial charge on any atom is -0.280 e. The Labute approximate surface area is 125 Å². The van der Waals surface area contributed by atoms with Crippen LogP contribution >= 0.6 is 27.5 Å². The SMILES string of the molecule is O=S(=O)(Cc1ccccc1)Nc1cc(Br)cnc1Cl. The highest BCUT2D eigenvalue weighted by atomic mass is 79.9. The fourth-order valence-electron chi connectivity index (χ4n) is 1.49. The van der Waals surface area contributed by atoms with Gasteiger partial charge in [0.05, 0.1) is 11.4 Å². The fraction of sp³-hybridized carbons (Fsp3) is 0.0833. The molecule has 0 aliphatic carbocycles. The minimum absolute atomic E-state index is 0.111. The molecule has 2 rings (SSSR count). The maximum Gasteiger partial charge on any atom is 0.237 e. The summed E-state index contributed by atoms with van der Waals surface area (Å²) in [7, 11) is -3.52. The molecular formula is C12H10BrClN2O2S. The summed E-state index contributed by atoms with van der Waals surface area (Å²) in [5, 5.41) is 0.111. The minimum atomic E-state index is -3.52. The fourth-order valence-corrected chi connectivity index (χ4v) is 3.22. The van der Waals surface area contributed by atoms with Crippen molar-refractivity contribution in [3.05, 3.63) is 57.8 Å². The zero-order chi connectivity index (χ0) is 13.9. The van der Waals surface area contributed by atoms with Crippen molar-refractivity contribution < 1.29 is 8.42 Å². The van der Waals surface area contributed by atoms with Crippen LogP contribution in [0.5, 0.6) is 0 Å². The van der Waals surface area contributed by atoms with Crippen LogP contribution in [0.2, 0.25) is 5.15 Å². The maximum atomic E-state index is 12.0. The van der Waals surface area contributed by atoms with Crippen LogP contribution in [0.15, 0.2) is 47.1 Å². The van der Waals surface area contributed by atoms with Crippen molar-refractivity contribution in [2.45, 2.75) is 5.75 Å². The molecule has 0 fully saturated rings. The van der Waals surface area contributed by atoms with Gasteiger partial charge in [-0.15, -0.1) is 0 Å². The summed E-state index contributed by atoms with van der Waals surface area (Å²) in [5.41, 5.74) is 0.959. The van der Waals surface area contributed by atoms with E-state index in [-0.39, 0.29) is 16.6 Å². The average Bonchev–Trinajstić information content (AvgIpc) is 2.34. The first-order valence-corrected chi connectivity index (χ1v) is 8.14. The van der Waals surface area contributed by atoms with E-state index in [1.165, 1.54) is 6.20 Å². The normalized spacial score (nSPS) is 11.3. The van der Waals surface area contributed by atoms with E-state index in [0.717, 1.165) is 0 Å². The van der Waals surface area contributed by atoms with Gasteiger partial charge in [-0.3, -0.25) is 4.72 Å². The van der Waals surface area contributed by atoms with Crippen LogP contribution in [0.25, 0.3) is 0 Å². The van der Waals surface area contributed by atoms with Crippen LogP contribution in [-0.4, -0.2) is 13.4 Å². The quantitative estimate of drug-likeness (QED) is 0.849. The van der Waals surface area contributed by atoms with Gasteiger partial charge in [0.2, 0.25) is 10.0 Å². The van der Waals surface area contributed by atoms with Crippen molar-refractivity contribution in [1.82, 2.24) is 4.98 Å². The number of nitrogens with one attached hydrogen (secondary N) is 1. The molecule has 0 bridgehead atoms. The summed E-state index contributed by atoms with van der Waals surface area (Å²) in [4.78, 5) is 3.86. The van der Waals surface area contributed by atoms with Gasteiger partial charge in [0, 0.05) is 10.7 Å². The summed E-state index contributed by atoms with van der Waals surface area (Å²) in [6.45, 7) is 0. The summed E-state index contributed by atoms with van der Waals surface area (Å²) < 4.78 is 27.1. The van der Waals surface area contributed by atoms with Crippen molar-refractivity contribution in [2.75, 3.05) is 4.72 Å². The molecule has 0 spiro atoms. The summed E-state index contributed by atoms with van der Waals surface area (Å²) in [6, 6.07) is 10.5. The van der Waals surface area contributed by atoms with E-state index < -0.39 is 10.0 Å². The van der Waals surface area contributed by atoms with E-state index in [1.807, 2.05) is 6.07 Å². The molecule has 0 aliphatic heterocycles. The third-order valence-electron chi connectivity index (χ3n) is 2.27. The Kier molecular flexibility index (Phi) is 4.44. The number of pyridine rings is 1. The Morgan fingerprint density at radius 3 is 2.63 bits per heavy atom. The van der Waals surface area contributed by atoms with Crippen LogP contribution in [-0.2, 0) is 15.8 Å². The topological polar surface area (TPSA) is 59.1 Å². The molecule has 1 aromatic heterocycles. The van der Waals surface area contributed by atoms with Crippen molar-refractivity contribution in [2.24, 2.45) is 0 Å². The highest BCUT2D eigenvalue weighted by molar-refractivity contribution is 9.10. The van der Waals surface area contributed by atoms with Gasteiger partial charge in [-0.2, -0.15) is 0 Å². The Morgan fingerprint density at radius 2 is 1.95 bits per heavy atom. The summed E-state index contributed by atoms with van der Waals surface area (Å²) in [6.07, 6.45) is 1.50. The van der Waals surface area contributed by atoms with E-state index in [1.54, 1.807) is 30.3 Å². The van der Waals surface area contributed by atoms with Crippen LogP contribution in [0.4, 0.5) is 5.69 Å². The molecule has 0 unspecified atom stereocenters. The number of hydrogen-bond donors (Lipinski definition) is 1. The number of sulfonamides is 1. The summed E-state index contributed by atoms with van der Waals surface area (Å²) >= 11 is 9.06. The molecule has 0 atom stereocenters. The van der Waals surface area contributed by atoms with Gasteiger partial charge < -0.3 is 0 Å². The van der Waals surface area contributed by atoms with Gasteiger partial charge in [0.1, 0.15) is 0 Å². The van der Waals surface area contributed by atoms with Crippen molar-refractivity contribution in [3.63, 3.8) is 0 Å². The van der Waals surface area contributed by atoms with E-state index >= 15 is 0 Å². The Morgan fingerprint density at radius 1 is 1.26 bits per heavy atom. The number of hydrogen-bond acceptors (Lipinski definition) is 3. The lowest BCUT2D eigenvalue weighted by Gasteiger charge is -2.09. The number of nitrogens with zero attached hydrogens (tertiary/aromatic N) is 1. The molecule has 19 heavy (non-hydrogen) atoms. The average molecular weight is 362 g/mol. The van der Waals surface area contributed by atoms with Crippen molar-refractivity contribution in [1.29, 1.82) is 0 Å². The Balaban J connectivity index is 2.20. The smallest absolute Gasteiger partial charge is 0.237 e. The first-order chi connectivity index (χ1) is 8.96. The lowest BCUT2D eigenvalue weighted by molar-refractivity contribution is 0.600. The van der Waals surface area contributed by atoms with E-state index in [2.05, 4.69) is 25.6 Å². The molecule has 0 saturated carbocycles. The third kappa shape index (κ3) is 4.19. The standard InChI is InChI=1S/C12H10BrClN2O2S/c13-10-6-11(12(14)15-7-10)16-19(17,18)8-9-4-2-1-3-5-9/h1-7,16H,8H2. The number of rotatable bonds is 4. The largest absolute Gasteiger partial charge is 0.280 e. The lowest BCUT2D eigenvalue weighted by Crippen LogP contribution is -2.15. The predicted molar refractivity (Wildman–Crippen MR) is 79.6 cm³/mol. The van der Waals surface area contributed by atoms with Gasteiger partial charge in [-0.25, -0.2) is 13.4 Å². The molecule has 0 radical (unpaired) electrons. The predicted octanol–water partition coefficient (Wildman–Crippen LogP) is 3.44. The molecule has 7 heteroatoms. The highest BCUT2D eigenvalue weighted by Crippen LogP contribution is 2.24. The van der Waals surface area contributed by atoms with E-state index in [0.29, 0.717) is 10.0 Å².